The van der Waals surface area contributed by atoms with Gasteiger partial charge < -0.3 is 5.32 Å². The number of aryl methyl sites for hydroxylation is 2. The van der Waals surface area contributed by atoms with Gasteiger partial charge in [-0.3, -0.25) is 4.79 Å². The molecule has 4 heteroatoms. The molecule has 0 unspecified atom stereocenters. The largest absolute Gasteiger partial charge is 0.326 e. The Morgan fingerprint density at radius 1 is 1.22 bits per heavy atom. The van der Waals surface area contributed by atoms with Gasteiger partial charge in [0, 0.05) is 10.6 Å². The van der Waals surface area contributed by atoms with Crippen LogP contribution in [0.25, 0.3) is 0 Å². The van der Waals surface area contributed by atoms with Crippen LogP contribution in [0.2, 0.25) is 4.34 Å². The molecule has 1 N–H and O–H groups in total. The second-order valence-corrected chi connectivity index (χ2v) is 6.11. The van der Waals surface area contributed by atoms with Crippen LogP contribution in [-0.4, -0.2) is 5.91 Å². The van der Waals surface area contributed by atoms with Crippen molar-refractivity contribution in [1.82, 2.24) is 0 Å². The van der Waals surface area contributed by atoms with Crippen LogP contribution in [-0.2, 0) is 11.2 Å². The molecule has 1 heterocycles. The predicted octanol–water partition coefficient (Wildman–Crippen LogP) is 4.20. The summed E-state index contributed by atoms with van der Waals surface area (Å²) in [6, 6.07) is 9.70. The molecule has 94 valence electrons. The van der Waals surface area contributed by atoms with Gasteiger partial charge in [0.25, 0.3) is 0 Å². The highest BCUT2D eigenvalue weighted by molar-refractivity contribution is 7.16. The molecule has 0 bridgehead atoms. The summed E-state index contributed by atoms with van der Waals surface area (Å²) in [5.74, 6) is -0.0153. The molecule has 0 spiro atoms. The van der Waals surface area contributed by atoms with E-state index in [9.17, 15) is 4.79 Å². The molecule has 0 atom stereocenters. The molecule has 18 heavy (non-hydrogen) atoms. The Morgan fingerprint density at radius 3 is 2.44 bits per heavy atom. The molecule has 0 fully saturated rings. The van der Waals surface area contributed by atoms with E-state index in [4.69, 9.17) is 11.6 Å². The fraction of sp³-hybridized carbons (Fsp3) is 0.214. The molecule has 0 aliphatic heterocycles. The molecule has 1 aromatic carbocycles. The molecule has 2 nitrogen and oxygen atoms in total. The first-order valence-corrected chi connectivity index (χ1v) is 6.85. The van der Waals surface area contributed by atoms with Gasteiger partial charge in [0.05, 0.1) is 10.8 Å². The van der Waals surface area contributed by atoms with Crippen LogP contribution in [0, 0.1) is 13.8 Å². The van der Waals surface area contributed by atoms with E-state index in [1.54, 1.807) is 0 Å². The Balaban J connectivity index is 2.02. The molecule has 0 radical (unpaired) electrons. The van der Waals surface area contributed by atoms with Crippen LogP contribution in [0.15, 0.2) is 30.3 Å². The second kappa shape index (κ2) is 5.55. The van der Waals surface area contributed by atoms with Gasteiger partial charge in [-0.25, -0.2) is 0 Å². The third-order valence-electron chi connectivity index (χ3n) is 2.47. The van der Waals surface area contributed by atoms with Crippen LogP contribution < -0.4 is 5.32 Å². The van der Waals surface area contributed by atoms with Crippen molar-refractivity contribution in [1.29, 1.82) is 0 Å². The second-order valence-electron chi connectivity index (χ2n) is 4.31. The Morgan fingerprint density at radius 2 is 1.89 bits per heavy atom. The van der Waals surface area contributed by atoms with E-state index in [1.807, 2.05) is 38.1 Å². The van der Waals surface area contributed by atoms with Gasteiger partial charge in [-0.15, -0.1) is 11.3 Å². The van der Waals surface area contributed by atoms with Crippen LogP contribution in [0.1, 0.15) is 16.0 Å². The minimum absolute atomic E-state index is 0.0153. The van der Waals surface area contributed by atoms with E-state index in [1.165, 1.54) is 11.3 Å². The molecule has 0 saturated heterocycles. The monoisotopic (exact) mass is 279 g/mol. The van der Waals surface area contributed by atoms with Gasteiger partial charge in [-0.1, -0.05) is 17.7 Å². The van der Waals surface area contributed by atoms with Crippen molar-refractivity contribution in [2.24, 2.45) is 0 Å². The van der Waals surface area contributed by atoms with Gasteiger partial charge in [-0.05, 0) is 49.2 Å². The normalized spacial score (nSPS) is 10.4. The van der Waals surface area contributed by atoms with Crippen LogP contribution in [0.3, 0.4) is 0 Å². The van der Waals surface area contributed by atoms with Crippen molar-refractivity contribution in [2.45, 2.75) is 20.3 Å². The fourth-order valence-electron chi connectivity index (χ4n) is 1.86. The summed E-state index contributed by atoms with van der Waals surface area (Å²) in [6.07, 6.45) is 0.365. The third kappa shape index (κ3) is 3.59. The number of benzene rings is 1. The number of thiophene rings is 1. The van der Waals surface area contributed by atoms with Crippen molar-refractivity contribution in [3.05, 3.63) is 50.7 Å². The first kappa shape index (κ1) is 13.1. The fourth-order valence-corrected chi connectivity index (χ4v) is 2.94. The van der Waals surface area contributed by atoms with Crippen molar-refractivity contribution < 1.29 is 4.79 Å². The van der Waals surface area contributed by atoms with Crippen LogP contribution in [0.4, 0.5) is 5.69 Å². The van der Waals surface area contributed by atoms with Gasteiger partial charge >= 0.3 is 0 Å². The maximum absolute atomic E-state index is 11.9. The molecule has 2 aromatic rings. The average Bonchev–Trinajstić information content (AvgIpc) is 2.61. The molecule has 2 rings (SSSR count). The highest BCUT2D eigenvalue weighted by Crippen LogP contribution is 2.22. The first-order valence-electron chi connectivity index (χ1n) is 5.65. The van der Waals surface area contributed by atoms with Crippen LogP contribution in [0.5, 0.6) is 0 Å². The van der Waals surface area contributed by atoms with E-state index in [0.29, 0.717) is 10.8 Å². The number of carbonyl (C=O) groups excluding carboxylic acids is 1. The Kier molecular flexibility index (Phi) is 4.04. The highest BCUT2D eigenvalue weighted by atomic mass is 35.5. The lowest BCUT2D eigenvalue weighted by Crippen LogP contribution is -2.13. The van der Waals surface area contributed by atoms with E-state index in [0.717, 1.165) is 21.7 Å². The third-order valence-corrected chi connectivity index (χ3v) is 3.70. The topological polar surface area (TPSA) is 29.1 Å². The average molecular weight is 280 g/mol. The molecular formula is C14H14ClNOS. The quantitative estimate of drug-likeness (QED) is 0.896. The number of carbonyl (C=O) groups is 1. The van der Waals surface area contributed by atoms with Crippen molar-refractivity contribution >= 4 is 34.5 Å². The van der Waals surface area contributed by atoms with Crippen molar-refractivity contribution in [3.63, 3.8) is 0 Å². The molecule has 0 saturated carbocycles. The summed E-state index contributed by atoms with van der Waals surface area (Å²) in [5, 5.41) is 2.91. The molecule has 1 aromatic heterocycles. The number of rotatable bonds is 3. The minimum atomic E-state index is -0.0153. The lowest BCUT2D eigenvalue weighted by Gasteiger charge is -2.06. The SMILES string of the molecule is Cc1cc(C)cc(NC(=O)Cc2ccc(Cl)s2)c1. The van der Waals surface area contributed by atoms with Crippen molar-refractivity contribution in [3.8, 4) is 0 Å². The summed E-state index contributed by atoms with van der Waals surface area (Å²) in [4.78, 5) is 12.8. The molecule has 0 aliphatic rings. The summed E-state index contributed by atoms with van der Waals surface area (Å²) in [7, 11) is 0. The Hall–Kier alpha value is -1.32. The first-order chi connectivity index (χ1) is 8.52. The number of hydrogen-bond donors (Lipinski definition) is 1. The number of anilines is 1. The zero-order valence-corrected chi connectivity index (χ0v) is 11.9. The number of nitrogens with one attached hydrogen (secondary N) is 1. The van der Waals surface area contributed by atoms with E-state index >= 15 is 0 Å². The predicted molar refractivity (Wildman–Crippen MR) is 77.6 cm³/mol. The Bertz CT molecular complexity index is 557. The molecule has 1 amide bonds. The smallest absolute Gasteiger partial charge is 0.229 e. The van der Waals surface area contributed by atoms with Gasteiger partial charge in [0.15, 0.2) is 0 Å². The maximum Gasteiger partial charge on any atom is 0.229 e. The molecule has 0 aliphatic carbocycles. The van der Waals surface area contributed by atoms with Gasteiger partial charge in [0.1, 0.15) is 0 Å². The lowest BCUT2D eigenvalue weighted by molar-refractivity contribution is -0.115. The highest BCUT2D eigenvalue weighted by Gasteiger charge is 2.06. The number of amides is 1. The number of halogens is 1. The Labute approximate surface area is 116 Å². The summed E-state index contributed by atoms with van der Waals surface area (Å²) >= 11 is 7.27. The van der Waals surface area contributed by atoms with E-state index < -0.39 is 0 Å². The molecular weight excluding hydrogens is 266 g/mol. The zero-order chi connectivity index (χ0) is 13.1. The van der Waals surface area contributed by atoms with Crippen molar-refractivity contribution in [2.75, 3.05) is 5.32 Å². The van der Waals surface area contributed by atoms with Gasteiger partial charge in [0.2, 0.25) is 5.91 Å². The zero-order valence-electron chi connectivity index (χ0n) is 10.3. The maximum atomic E-state index is 11.9. The lowest BCUT2D eigenvalue weighted by atomic mass is 10.1. The standard InChI is InChI=1S/C14H14ClNOS/c1-9-5-10(2)7-11(6-9)16-14(17)8-12-3-4-13(15)18-12/h3-7H,8H2,1-2H3,(H,16,17). The van der Waals surface area contributed by atoms with Crippen LogP contribution >= 0.6 is 22.9 Å². The van der Waals surface area contributed by atoms with Gasteiger partial charge in [-0.2, -0.15) is 0 Å². The van der Waals surface area contributed by atoms with E-state index in [2.05, 4.69) is 11.4 Å². The minimum Gasteiger partial charge on any atom is -0.326 e. The summed E-state index contributed by atoms with van der Waals surface area (Å²) in [5.41, 5.74) is 3.13. The van der Waals surface area contributed by atoms with E-state index in [-0.39, 0.29) is 5.91 Å². The number of hydrogen-bond acceptors (Lipinski definition) is 2. The summed E-state index contributed by atoms with van der Waals surface area (Å²) < 4.78 is 0.712. The summed E-state index contributed by atoms with van der Waals surface area (Å²) in [6.45, 7) is 4.03.